The van der Waals surface area contributed by atoms with Gasteiger partial charge < -0.3 is 11.1 Å². The summed E-state index contributed by atoms with van der Waals surface area (Å²) in [6, 6.07) is 1.79. The van der Waals surface area contributed by atoms with Crippen molar-refractivity contribution in [2.45, 2.75) is 6.04 Å². The highest BCUT2D eigenvalue weighted by molar-refractivity contribution is 5.92. The minimum Gasteiger partial charge on any atom is -0.325 e. The number of nitrogens with zero attached hydrogens (tertiary/aromatic N) is 1. The number of anilines is 1. The zero-order valence-corrected chi connectivity index (χ0v) is 9.42. The van der Waals surface area contributed by atoms with E-state index in [-0.39, 0.29) is 18.3 Å². The van der Waals surface area contributed by atoms with Gasteiger partial charge in [0, 0.05) is 19.1 Å². The highest BCUT2D eigenvalue weighted by Crippen LogP contribution is 2.19. The molecule has 1 heterocycles. The Balaban J connectivity index is 1.97. The van der Waals surface area contributed by atoms with Crippen LogP contribution in [0.25, 0.3) is 0 Å². The van der Waals surface area contributed by atoms with Gasteiger partial charge in [0.05, 0.1) is 12.2 Å². The molecule has 1 aliphatic rings. The van der Waals surface area contributed by atoms with Crippen molar-refractivity contribution in [2.75, 3.05) is 25.0 Å². The van der Waals surface area contributed by atoms with Gasteiger partial charge in [-0.15, -0.1) is 0 Å². The normalized spacial score (nSPS) is 16.4. The molecule has 0 spiro atoms. The van der Waals surface area contributed by atoms with Gasteiger partial charge in [-0.2, -0.15) is 0 Å². The van der Waals surface area contributed by atoms with E-state index in [1.807, 2.05) is 0 Å². The number of amides is 1. The lowest BCUT2D eigenvalue weighted by Gasteiger charge is -2.36. The second-order valence-electron chi connectivity index (χ2n) is 4.23. The average molecular weight is 259 g/mol. The molecule has 1 saturated heterocycles. The van der Waals surface area contributed by atoms with Crippen LogP contribution < -0.4 is 11.1 Å². The van der Waals surface area contributed by atoms with Crippen LogP contribution in [-0.4, -0.2) is 36.5 Å². The van der Waals surface area contributed by atoms with Crippen LogP contribution in [-0.2, 0) is 4.79 Å². The SMILES string of the molecule is NC1CN(CC(=O)Nc2ccc(F)c(F)c2F)C1. The molecule has 0 aromatic heterocycles. The van der Waals surface area contributed by atoms with E-state index in [9.17, 15) is 18.0 Å². The first-order chi connectivity index (χ1) is 8.47. The molecule has 1 fully saturated rings. The van der Waals surface area contributed by atoms with E-state index < -0.39 is 23.4 Å². The highest BCUT2D eigenvalue weighted by Gasteiger charge is 2.25. The zero-order valence-electron chi connectivity index (χ0n) is 9.42. The quantitative estimate of drug-likeness (QED) is 0.785. The Kier molecular flexibility index (Phi) is 3.53. The van der Waals surface area contributed by atoms with Crippen molar-refractivity contribution in [2.24, 2.45) is 5.73 Å². The second kappa shape index (κ2) is 4.95. The van der Waals surface area contributed by atoms with Crippen LogP contribution in [0.3, 0.4) is 0 Å². The number of carbonyl (C=O) groups excluding carboxylic acids is 1. The lowest BCUT2D eigenvalue weighted by atomic mass is 10.1. The standard InChI is InChI=1S/C11H12F3N3O/c12-7-1-2-8(11(14)10(7)13)16-9(18)5-17-3-6(15)4-17/h1-2,6H,3-5,15H2,(H,16,18). The van der Waals surface area contributed by atoms with E-state index in [0.29, 0.717) is 13.1 Å². The van der Waals surface area contributed by atoms with Crippen molar-refractivity contribution >= 4 is 11.6 Å². The number of nitrogens with two attached hydrogens (primary N) is 1. The fourth-order valence-electron chi connectivity index (χ4n) is 1.75. The molecule has 0 saturated carbocycles. The Hall–Kier alpha value is -1.60. The first kappa shape index (κ1) is 12.8. The number of hydrogen-bond acceptors (Lipinski definition) is 3. The number of halogens is 3. The smallest absolute Gasteiger partial charge is 0.238 e. The summed E-state index contributed by atoms with van der Waals surface area (Å²) in [6.07, 6.45) is 0. The zero-order chi connectivity index (χ0) is 13.3. The molecule has 1 amide bonds. The van der Waals surface area contributed by atoms with Gasteiger partial charge in [0.2, 0.25) is 5.91 Å². The van der Waals surface area contributed by atoms with Crippen LogP contribution >= 0.6 is 0 Å². The number of hydrogen-bond donors (Lipinski definition) is 2. The molecule has 4 nitrogen and oxygen atoms in total. The molecule has 0 bridgehead atoms. The third-order valence-electron chi connectivity index (χ3n) is 2.66. The first-order valence-corrected chi connectivity index (χ1v) is 5.38. The molecule has 1 aliphatic heterocycles. The van der Waals surface area contributed by atoms with Crippen molar-refractivity contribution in [3.63, 3.8) is 0 Å². The topological polar surface area (TPSA) is 58.4 Å². The van der Waals surface area contributed by atoms with Crippen LogP contribution in [0.15, 0.2) is 12.1 Å². The number of rotatable bonds is 3. The van der Waals surface area contributed by atoms with Crippen molar-refractivity contribution < 1.29 is 18.0 Å². The number of likely N-dealkylation sites (tertiary alicyclic amines) is 1. The summed E-state index contributed by atoms with van der Waals surface area (Å²) in [4.78, 5) is 13.3. The van der Waals surface area contributed by atoms with Gasteiger partial charge >= 0.3 is 0 Å². The van der Waals surface area contributed by atoms with E-state index in [1.165, 1.54) is 0 Å². The number of nitrogens with one attached hydrogen (secondary N) is 1. The van der Waals surface area contributed by atoms with Gasteiger partial charge in [-0.3, -0.25) is 9.69 Å². The molecular weight excluding hydrogens is 247 g/mol. The number of carbonyl (C=O) groups is 1. The summed E-state index contributed by atoms with van der Waals surface area (Å²) in [7, 11) is 0. The Labute approximate surface area is 102 Å². The molecule has 0 aliphatic carbocycles. The van der Waals surface area contributed by atoms with Gasteiger partial charge in [-0.05, 0) is 12.1 Å². The molecule has 18 heavy (non-hydrogen) atoms. The van der Waals surface area contributed by atoms with Gasteiger partial charge in [0.1, 0.15) is 0 Å². The Morgan fingerprint density at radius 2 is 2.00 bits per heavy atom. The van der Waals surface area contributed by atoms with Gasteiger partial charge in [-0.25, -0.2) is 13.2 Å². The maximum absolute atomic E-state index is 13.3. The van der Waals surface area contributed by atoms with Gasteiger partial charge in [0.25, 0.3) is 0 Å². The second-order valence-corrected chi connectivity index (χ2v) is 4.23. The monoisotopic (exact) mass is 259 g/mol. The largest absolute Gasteiger partial charge is 0.325 e. The lowest BCUT2D eigenvalue weighted by molar-refractivity contribution is -0.118. The highest BCUT2D eigenvalue weighted by atomic mass is 19.2. The third-order valence-corrected chi connectivity index (χ3v) is 2.66. The molecule has 1 aromatic rings. The maximum atomic E-state index is 13.3. The van der Waals surface area contributed by atoms with Crippen LogP contribution in [0.1, 0.15) is 0 Å². The maximum Gasteiger partial charge on any atom is 0.238 e. The van der Waals surface area contributed by atoms with E-state index in [1.54, 1.807) is 4.90 Å². The Morgan fingerprint density at radius 3 is 2.61 bits per heavy atom. The predicted octanol–water partition coefficient (Wildman–Crippen LogP) is 0.685. The molecule has 2 rings (SSSR count). The molecule has 0 radical (unpaired) electrons. The van der Waals surface area contributed by atoms with E-state index in [0.717, 1.165) is 12.1 Å². The van der Waals surface area contributed by atoms with Gasteiger partial charge in [0.15, 0.2) is 17.5 Å². The fourth-order valence-corrected chi connectivity index (χ4v) is 1.75. The Morgan fingerprint density at radius 1 is 1.33 bits per heavy atom. The number of benzene rings is 1. The summed E-state index contributed by atoms with van der Waals surface area (Å²) < 4.78 is 38.8. The first-order valence-electron chi connectivity index (χ1n) is 5.38. The van der Waals surface area contributed by atoms with Crippen LogP contribution in [0, 0.1) is 17.5 Å². The van der Waals surface area contributed by atoms with E-state index in [2.05, 4.69) is 5.32 Å². The minimum atomic E-state index is -1.60. The van der Waals surface area contributed by atoms with Crippen molar-refractivity contribution in [1.29, 1.82) is 0 Å². The van der Waals surface area contributed by atoms with E-state index >= 15 is 0 Å². The summed E-state index contributed by atoms with van der Waals surface area (Å²) >= 11 is 0. The molecule has 98 valence electrons. The Bertz CT molecular complexity index is 475. The molecule has 0 unspecified atom stereocenters. The molecule has 0 atom stereocenters. The summed E-state index contributed by atoms with van der Waals surface area (Å²) in [5.74, 6) is -4.78. The summed E-state index contributed by atoms with van der Waals surface area (Å²) in [5.41, 5.74) is 5.16. The molecule has 3 N–H and O–H groups in total. The predicted molar refractivity (Wildman–Crippen MR) is 59.4 cm³/mol. The average Bonchev–Trinajstić information content (AvgIpc) is 2.28. The van der Waals surface area contributed by atoms with Crippen molar-refractivity contribution in [1.82, 2.24) is 4.90 Å². The summed E-state index contributed by atoms with van der Waals surface area (Å²) in [5, 5.41) is 2.19. The van der Waals surface area contributed by atoms with Crippen LogP contribution in [0.4, 0.5) is 18.9 Å². The van der Waals surface area contributed by atoms with Crippen LogP contribution in [0.5, 0.6) is 0 Å². The van der Waals surface area contributed by atoms with E-state index in [4.69, 9.17) is 5.73 Å². The van der Waals surface area contributed by atoms with Gasteiger partial charge in [-0.1, -0.05) is 0 Å². The lowest BCUT2D eigenvalue weighted by Crippen LogP contribution is -2.57. The van der Waals surface area contributed by atoms with Crippen molar-refractivity contribution in [3.8, 4) is 0 Å². The summed E-state index contributed by atoms with van der Waals surface area (Å²) in [6.45, 7) is 1.23. The molecule has 7 heteroatoms. The minimum absolute atomic E-state index is 0.0478. The third kappa shape index (κ3) is 2.62. The fraction of sp³-hybridized carbons (Fsp3) is 0.364. The van der Waals surface area contributed by atoms with Crippen LogP contribution in [0.2, 0.25) is 0 Å². The molecule has 1 aromatic carbocycles. The molecular formula is C11H12F3N3O. The van der Waals surface area contributed by atoms with Crippen molar-refractivity contribution in [3.05, 3.63) is 29.6 Å².